The second-order valence-electron chi connectivity index (χ2n) is 7.57. The SMILES string of the molecule is CN(C)c1nc2c(c(N3CCC(O)CC3)n1)CN(CCn1cncn1)CC2. The molecule has 4 rings (SSSR count). The van der Waals surface area contributed by atoms with Gasteiger partial charge in [0.2, 0.25) is 5.95 Å². The molecule has 0 saturated carbocycles. The normalized spacial score (nSPS) is 18.6. The molecule has 0 aromatic carbocycles. The van der Waals surface area contributed by atoms with Gasteiger partial charge in [0.1, 0.15) is 18.5 Å². The van der Waals surface area contributed by atoms with Crippen LogP contribution in [0.2, 0.25) is 0 Å². The molecule has 2 aromatic rings. The fraction of sp³-hybridized carbons (Fsp3) is 0.667. The number of anilines is 2. The van der Waals surface area contributed by atoms with E-state index in [2.05, 4.69) is 19.9 Å². The van der Waals surface area contributed by atoms with E-state index in [1.165, 1.54) is 5.56 Å². The van der Waals surface area contributed by atoms with E-state index >= 15 is 0 Å². The van der Waals surface area contributed by atoms with Crippen molar-refractivity contribution in [3.8, 4) is 0 Å². The molecule has 2 aliphatic heterocycles. The molecular weight excluding hydrogens is 344 g/mol. The summed E-state index contributed by atoms with van der Waals surface area (Å²) in [6, 6.07) is 0. The minimum absolute atomic E-state index is 0.189. The zero-order chi connectivity index (χ0) is 18.8. The van der Waals surface area contributed by atoms with Gasteiger partial charge in [-0.1, -0.05) is 0 Å². The van der Waals surface area contributed by atoms with E-state index in [0.717, 1.165) is 76.0 Å². The Kier molecular flexibility index (Phi) is 5.22. The maximum Gasteiger partial charge on any atom is 0.227 e. The van der Waals surface area contributed by atoms with Gasteiger partial charge in [-0.15, -0.1) is 0 Å². The molecule has 27 heavy (non-hydrogen) atoms. The molecule has 2 aliphatic rings. The number of hydrogen-bond acceptors (Lipinski definition) is 8. The fourth-order valence-corrected chi connectivity index (χ4v) is 3.76. The molecule has 1 N–H and O–H groups in total. The Morgan fingerprint density at radius 2 is 1.96 bits per heavy atom. The lowest BCUT2D eigenvalue weighted by molar-refractivity contribution is 0.145. The van der Waals surface area contributed by atoms with Gasteiger partial charge >= 0.3 is 0 Å². The van der Waals surface area contributed by atoms with E-state index in [1.54, 1.807) is 12.7 Å². The Morgan fingerprint density at radius 1 is 1.15 bits per heavy atom. The van der Waals surface area contributed by atoms with Crippen molar-refractivity contribution >= 4 is 11.8 Å². The van der Waals surface area contributed by atoms with Gasteiger partial charge in [0.25, 0.3) is 0 Å². The maximum absolute atomic E-state index is 9.87. The Balaban J connectivity index is 1.56. The minimum Gasteiger partial charge on any atom is -0.393 e. The monoisotopic (exact) mass is 372 g/mol. The second kappa shape index (κ2) is 7.77. The van der Waals surface area contributed by atoms with Crippen molar-refractivity contribution in [1.29, 1.82) is 0 Å². The van der Waals surface area contributed by atoms with E-state index in [1.807, 2.05) is 23.7 Å². The van der Waals surface area contributed by atoms with E-state index in [0.29, 0.717) is 0 Å². The van der Waals surface area contributed by atoms with E-state index in [4.69, 9.17) is 9.97 Å². The number of piperidine rings is 1. The molecule has 0 bridgehead atoms. The van der Waals surface area contributed by atoms with Gasteiger partial charge in [-0.3, -0.25) is 9.58 Å². The lowest BCUT2D eigenvalue weighted by Gasteiger charge is -2.36. The standard InChI is InChI=1S/C18H28N8O/c1-23(2)18-21-16-5-6-24(9-10-26-13-19-12-20-26)11-15(16)17(22-18)25-7-3-14(27)4-8-25/h12-14,27H,3-11H2,1-2H3. The van der Waals surface area contributed by atoms with Crippen molar-refractivity contribution < 1.29 is 5.11 Å². The van der Waals surface area contributed by atoms with E-state index in [-0.39, 0.29) is 6.10 Å². The third-order valence-electron chi connectivity index (χ3n) is 5.38. The van der Waals surface area contributed by atoms with Crippen LogP contribution >= 0.6 is 0 Å². The summed E-state index contributed by atoms with van der Waals surface area (Å²) in [5.41, 5.74) is 2.40. The number of nitrogens with zero attached hydrogens (tertiary/aromatic N) is 8. The van der Waals surface area contributed by atoms with Crippen LogP contribution in [0.3, 0.4) is 0 Å². The fourth-order valence-electron chi connectivity index (χ4n) is 3.76. The first-order valence-corrected chi connectivity index (χ1v) is 9.65. The van der Waals surface area contributed by atoms with E-state index in [9.17, 15) is 5.11 Å². The van der Waals surface area contributed by atoms with Crippen molar-refractivity contribution in [3.05, 3.63) is 23.9 Å². The molecule has 9 nitrogen and oxygen atoms in total. The smallest absolute Gasteiger partial charge is 0.227 e. The number of fused-ring (bicyclic) bond motifs is 1. The van der Waals surface area contributed by atoms with Crippen LogP contribution in [0, 0.1) is 0 Å². The lowest BCUT2D eigenvalue weighted by atomic mass is 10.0. The highest BCUT2D eigenvalue weighted by atomic mass is 16.3. The zero-order valence-electron chi connectivity index (χ0n) is 16.1. The molecule has 146 valence electrons. The zero-order valence-corrected chi connectivity index (χ0v) is 16.1. The highest BCUT2D eigenvalue weighted by Crippen LogP contribution is 2.30. The summed E-state index contributed by atoms with van der Waals surface area (Å²) in [7, 11) is 3.97. The Bertz CT molecular complexity index is 755. The van der Waals surface area contributed by atoms with Crippen molar-refractivity contribution in [2.24, 2.45) is 0 Å². The van der Waals surface area contributed by atoms with Crippen LogP contribution in [-0.4, -0.2) is 81.1 Å². The van der Waals surface area contributed by atoms with Gasteiger partial charge in [-0.25, -0.2) is 9.97 Å². The minimum atomic E-state index is -0.189. The second-order valence-corrected chi connectivity index (χ2v) is 7.57. The molecule has 0 spiro atoms. The first-order valence-electron chi connectivity index (χ1n) is 9.65. The number of rotatable bonds is 5. The molecule has 0 radical (unpaired) electrons. The van der Waals surface area contributed by atoms with Gasteiger partial charge in [0.15, 0.2) is 0 Å². The highest BCUT2D eigenvalue weighted by Gasteiger charge is 2.27. The summed E-state index contributed by atoms with van der Waals surface area (Å²) >= 11 is 0. The number of hydrogen-bond donors (Lipinski definition) is 1. The molecular formula is C18H28N8O. The molecule has 1 fully saturated rings. The summed E-state index contributed by atoms with van der Waals surface area (Å²) in [5, 5.41) is 14.1. The van der Waals surface area contributed by atoms with Gasteiger partial charge in [-0.2, -0.15) is 10.1 Å². The predicted octanol–water partition coefficient (Wildman–Crippen LogP) is 0.154. The number of aromatic nitrogens is 5. The van der Waals surface area contributed by atoms with Crippen LogP contribution in [0.15, 0.2) is 12.7 Å². The van der Waals surface area contributed by atoms with Gasteiger partial charge in [0.05, 0.1) is 18.3 Å². The molecule has 0 aliphatic carbocycles. The van der Waals surface area contributed by atoms with Crippen LogP contribution in [0.1, 0.15) is 24.1 Å². The van der Waals surface area contributed by atoms with Gasteiger partial charge in [-0.05, 0) is 12.8 Å². The number of aliphatic hydroxyl groups excluding tert-OH is 1. The van der Waals surface area contributed by atoms with Crippen LogP contribution in [0.4, 0.5) is 11.8 Å². The van der Waals surface area contributed by atoms with E-state index < -0.39 is 0 Å². The lowest BCUT2D eigenvalue weighted by Crippen LogP contribution is -2.40. The third-order valence-corrected chi connectivity index (χ3v) is 5.38. The molecule has 4 heterocycles. The molecule has 2 aromatic heterocycles. The Hall–Kier alpha value is -2.26. The topological polar surface area (TPSA) is 86.4 Å². The quantitative estimate of drug-likeness (QED) is 0.794. The first kappa shape index (κ1) is 18.1. The summed E-state index contributed by atoms with van der Waals surface area (Å²) in [6.45, 7) is 5.29. The average molecular weight is 372 g/mol. The molecule has 9 heteroatoms. The summed E-state index contributed by atoms with van der Waals surface area (Å²) in [6.07, 6.45) is 5.67. The third kappa shape index (κ3) is 4.03. The molecule has 1 saturated heterocycles. The molecule has 0 amide bonds. The van der Waals surface area contributed by atoms with Crippen LogP contribution in [0.25, 0.3) is 0 Å². The Labute approximate surface area is 159 Å². The van der Waals surface area contributed by atoms with Crippen molar-refractivity contribution in [2.45, 2.75) is 38.5 Å². The molecule has 0 atom stereocenters. The highest BCUT2D eigenvalue weighted by molar-refractivity contribution is 5.54. The van der Waals surface area contributed by atoms with Crippen molar-refractivity contribution in [1.82, 2.24) is 29.6 Å². The van der Waals surface area contributed by atoms with Crippen LogP contribution < -0.4 is 9.80 Å². The van der Waals surface area contributed by atoms with Crippen molar-refractivity contribution in [3.63, 3.8) is 0 Å². The number of aliphatic hydroxyl groups is 1. The molecule has 0 unspecified atom stereocenters. The summed E-state index contributed by atoms with van der Waals surface area (Å²) < 4.78 is 1.87. The first-order chi connectivity index (χ1) is 13.1. The van der Waals surface area contributed by atoms with Crippen LogP contribution in [0.5, 0.6) is 0 Å². The largest absolute Gasteiger partial charge is 0.393 e. The predicted molar refractivity (Wildman–Crippen MR) is 103 cm³/mol. The van der Waals surface area contributed by atoms with Crippen molar-refractivity contribution in [2.75, 3.05) is 50.1 Å². The van der Waals surface area contributed by atoms with Gasteiger partial charge < -0.3 is 14.9 Å². The average Bonchev–Trinajstić information content (AvgIpc) is 3.19. The Morgan fingerprint density at radius 3 is 2.67 bits per heavy atom. The van der Waals surface area contributed by atoms with Gasteiger partial charge in [0, 0.05) is 58.8 Å². The summed E-state index contributed by atoms with van der Waals surface area (Å²) in [4.78, 5) is 20.4. The summed E-state index contributed by atoms with van der Waals surface area (Å²) in [5.74, 6) is 1.81. The van der Waals surface area contributed by atoms with Crippen LogP contribution in [-0.2, 0) is 19.5 Å². The maximum atomic E-state index is 9.87.